The number of benzene rings is 1. The molecule has 8 heteroatoms. The summed E-state index contributed by atoms with van der Waals surface area (Å²) in [6.07, 6.45) is 2.08. The van der Waals surface area contributed by atoms with Crippen molar-refractivity contribution < 1.29 is 9.18 Å². The van der Waals surface area contributed by atoms with Gasteiger partial charge in [-0.25, -0.2) is 14.3 Å². The Hall–Kier alpha value is -2.48. The average Bonchev–Trinajstić information content (AvgIpc) is 2.79. The second kappa shape index (κ2) is 7.60. The number of likely N-dealkylation sites (N-methyl/N-ethyl adjacent to an activating group) is 1. The number of aryl methyl sites for hydroxylation is 1. The van der Waals surface area contributed by atoms with Crippen molar-refractivity contribution in [3.63, 3.8) is 0 Å². The lowest BCUT2D eigenvalue weighted by Crippen LogP contribution is -2.41. The topological polar surface area (TPSA) is 83.0 Å². The van der Waals surface area contributed by atoms with E-state index in [1.165, 1.54) is 6.07 Å². The maximum Gasteiger partial charge on any atom is 0.343 e. The fraction of sp³-hybridized carbons (Fsp3) is 0.471. The van der Waals surface area contributed by atoms with Gasteiger partial charge in [-0.05, 0) is 26.0 Å². The molecule has 25 heavy (non-hydrogen) atoms. The van der Waals surface area contributed by atoms with Crippen LogP contribution in [-0.2, 0) is 24.3 Å². The highest BCUT2D eigenvalue weighted by Crippen LogP contribution is 2.12. The molecule has 0 aliphatic carbocycles. The number of amides is 1. The maximum atomic E-state index is 13.7. The zero-order valence-corrected chi connectivity index (χ0v) is 14.2. The standard InChI is InChI=1S/C17H22FN5O2/c1-22(10-12-4-2-3-5-14(12)18)11-16(24)19-13-6-7-15-20-21-17(25)23(15)9-8-13/h2-5,13H,6-11H2,1H3,(H,19,24)(H,21,25). The highest BCUT2D eigenvalue weighted by Gasteiger charge is 2.20. The molecule has 1 unspecified atom stereocenters. The van der Waals surface area contributed by atoms with Gasteiger partial charge in [-0.15, -0.1) is 0 Å². The fourth-order valence-corrected chi connectivity index (χ4v) is 3.14. The van der Waals surface area contributed by atoms with Gasteiger partial charge in [0.05, 0.1) is 6.54 Å². The van der Waals surface area contributed by atoms with Crippen LogP contribution in [0.5, 0.6) is 0 Å². The van der Waals surface area contributed by atoms with Crippen LogP contribution in [-0.4, -0.2) is 45.2 Å². The Bertz CT molecular complexity index is 800. The fourth-order valence-electron chi connectivity index (χ4n) is 3.14. The third-order valence-electron chi connectivity index (χ3n) is 4.43. The van der Waals surface area contributed by atoms with Crippen LogP contribution in [0.15, 0.2) is 29.1 Å². The van der Waals surface area contributed by atoms with E-state index in [0.29, 0.717) is 31.5 Å². The number of hydrogen-bond donors (Lipinski definition) is 2. The predicted octanol–water partition coefficient (Wildman–Crippen LogP) is 0.664. The molecule has 2 N–H and O–H groups in total. The van der Waals surface area contributed by atoms with Gasteiger partial charge in [0.1, 0.15) is 11.6 Å². The Morgan fingerprint density at radius 1 is 1.44 bits per heavy atom. The van der Waals surface area contributed by atoms with E-state index < -0.39 is 0 Å². The molecule has 1 amide bonds. The van der Waals surface area contributed by atoms with Crippen LogP contribution in [0.25, 0.3) is 0 Å². The van der Waals surface area contributed by atoms with E-state index in [1.807, 2.05) is 0 Å². The summed E-state index contributed by atoms with van der Waals surface area (Å²) in [6, 6.07) is 6.57. The molecule has 1 aliphatic heterocycles. The number of hydrogen-bond acceptors (Lipinski definition) is 4. The first-order chi connectivity index (χ1) is 12.0. The van der Waals surface area contributed by atoms with Crippen molar-refractivity contribution in [1.82, 2.24) is 25.0 Å². The minimum absolute atomic E-state index is 0.00969. The number of halogens is 1. The van der Waals surface area contributed by atoms with Crippen molar-refractivity contribution in [1.29, 1.82) is 0 Å². The summed E-state index contributed by atoms with van der Waals surface area (Å²) in [7, 11) is 1.79. The van der Waals surface area contributed by atoms with Gasteiger partial charge >= 0.3 is 5.69 Å². The summed E-state index contributed by atoms with van der Waals surface area (Å²) < 4.78 is 15.3. The van der Waals surface area contributed by atoms with E-state index in [9.17, 15) is 14.0 Å². The smallest absolute Gasteiger partial charge is 0.343 e. The Kier molecular flexibility index (Phi) is 5.28. The summed E-state index contributed by atoms with van der Waals surface area (Å²) >= 11 is 0. The number of fused-ring (bicyclic) bond motifs is 1. The van der Waals surface area contributed by atoms with Gasteiger partial charge in [0.25, 0.3) is 0 Å². The number of H-pyrrole nitrogens is 1. The van der Waals surface area contributed by atoms with Gasteiger partial charge in [0, 0.05) is 31.1 Å². The second-order valence-corrected chi connectivity index (χ2v) is 6.45. The molecule has 0 spiro atoms. The molecule has 1 aromatic heterocycles. The molecule has 1 aromatic carbocycles. The summed E-state index contributed by atoms with van der Waals surface area (Å²) in [5, 5.41) is 9.46. The van der Waals surface area contributed by atoms with Gasteiger partial charge in [-0.2, -0.15) is 5.10 Å². The minimum atomic E-state index is -0.266. The third-order valence-corrected chi connectivity index (χ3v) is 4.43. The van der Waals surface area contributed by atoms with Crippen LogP contribution < -0.4 is 11.0 Å². The molecule has 2 aromatic rings. The molecular formula is C17H22FN5O2. The first kappa shape index (κ1) is 17.3. The number of rotatable bonds is 5. The van der Waals surface area contributed by atoms with E-state index >= 15 is 0 Å². The van der Waals surface area contributed by atoms with Crippen LogP contribution in [0.1, 0.15) is 24.2 Å². The molecular weight excluding hydrogens is 325 g/mol. The number of aromatic nitrogens is 3. The molecule has 134 valence electrons. The van der Waals surface area contributed by atoms with E-state index in [4.69, 9.17) is 0 Å². The molecule has 0 saturated carbocycles. The Labute approximate surface area is 144 Å². The monoisotopic (exact) mass is 347 g/mol. The van der Waals surface area contributed by atoms with Crippen molar-refractivity contribution in [2.75, 3.05) is 13.6 Å². The molecule has 0 fully saturated rings. The van der Waals surface area contributed by atoms with Gasteiger partial charge in [0.15, 0.2) is 0 Å². The van der Waals surface area contributed by atoms with Crippen molar-refractivity contribution in [3.8, 4) is 0 Å². The van der Waals surface area contributed by atoms with Gasteiger partial charge in [-0.3, -0.25) is 14.3 Å². The quantitative estimate of drug-likeness (QED) is 0.833. The SMILES string of the molecule is CN(CC(=O)NC1CCc2n[nH]c(=O)n2CC1)Cc1ccccc1F. The normalized spacial score (nSPS) is 17.2. The summed E-state index contributed by atoms with van der Waals surface area (Å²) in [4.78, 5) is 25.6. The number of nitrogens with one attached hydrogen (secondary N) is 2. The van der Waals surface area contributed by atoms with E-state index in [0.717, 1.165) is 12.2 Å². The first-order valence-electron chi connectivity index (χ1n) is 8.38. The van der Waals surface area contributed by atoms with Crippen LogP contribution in [0.4, 0.5) is 4.39 Å². The van der Waals surface area contributed by atoms with Gasteiger partial charge in [-0.1, -0.05) is 18.2 Å². The van der Waals surface area contributed by atoms with E-state index in [-0.39, 0.29) is 30.0 Å². The summed E-state index contributed by atoms with van der Waals surface area (Å²) in [5.74, 6) is 0.369. The third kappa shape index (κ3) is 4.33. The molecule has 0 bridgehead atoms. The van der Waals surface area contributed by atoms with Gasteiger partial charge < -0.3 is 5.32 Å². The largest absolute Gasteiger partial charge is 0.352 e. The molecule has 3 rings (SSSR count). The van der Waals surface area contributed by atoms with E-state index in [1.54, 1.807) is 34.7 Å². The Morgan fingerprint density at radius 2 is 2.24 bits per heavy atom. The molecule has 7 nitrogen and oxygen atoms in total. The zero-order valence-electron chi connectivity index (χ0n) is 14.2. The molecule has 1 aliphatic rings. The van der Waals surface area contributed by atoms with Crippen LogP contribution in [0, 0.1) is 5.82 Å². The number of nitrogens with zero attached hydrogens (tertiary/aromatic N) is 3. The second-order valence-electron chi connectivity index (χ2n) is 6.45. The zero-order chi connectivity index (χ0) is 17.8. The average molecular weight is 347 g/mol. The minimum Gasteiger partial charge on any atom is -0.352 e. The molecule has 0 saturated heterocycles. The van der Waals surface area contributed by atoms with Crippen LogP contribution >= 0.6 is 0 Å². The van der Waals surface area contributed by atoms with Crippen LogP contribution in [0.2, 0.25) is 0 Å². The van der Waals surface area contributed by atoms with Crippen LogP contribution in [0.3, 0.4) is 0 Å². The highest BCUT2D eigenvalue weighted by molar-refractivity contribution is 5.78. The van der Waals surface area contributed by atoms with Gasteiger partial charge in [0.2, 0.25) is 5.91 Å². The molecule has 0 radical (unpaired) electrons. The summed E-state index contributed by atoms with van der Waals surface area (Å²) in [5.41, 5.74) is 0.364. The van der Waals surface area contributed by atoms with Crippen molar-refractivity contribution in [2.45, 2.75) is 38.4 Å². The predicted molar refractivity (Wildman–Crippen MR) is 90.5 cm³/mol. The number of carbonyl (C=O) groups is 1. The molecule has 2 heterocycles. The Morgan fingerprint density at radius 3 is 3.04 bits per heavy atom. The van der Waals surface area contributed by atoms with Crippen molar-refractivity contribution in [3.05, 3.63) is 52.0 Å². The lowest BCUT2D eigenvalue weighted by atomic mass is 10.1. The Balaban J connectivity index is 1.49. The maximum absolute atomic E-state index is 13.7. The number of aromatic amines is 1. The first-order valence-corrected chi connectivity index (χ1v) is 8.38. The lowest BCUT2D eigenvalue weighted by Gasteiger charge is -2.20. The number of carbonyl (C=O) groups excluding carboxylic acids is 1. The van der Waals surface area contributed by atoms with Crippen molar-refractivity contribution >= 4 is 5.91 Å². The highest BCUT2D eigenvalue weighted by atomic mass is 19.1. The summed E-state index contributed by atoms with van der Waals surface area (Å²) in [6.45, 7) is 1.10. The van der Waals surface area contributed by atoms with Crippen molar-refractivity contribution in [2.24, 2.45) is 0 Å². The molecule has 1 atom stereocenters. The van der Waals surface area contributed by atoms with E-state index in [2.05, 4.69) is 15.5 Å². The lowest BCUT2D eigenvalue weighted by molar-refractivity contribution is -0.122.